The van der Waals surface area contributed by atoms with Gasteiger partial charge in [-0.1, -0.05) is 0 Å². The van der Waals surface area contributed by atoms with Crippen LogP contribution in [0.25, 0.3) is 0 Å². The number of rotatable bonds is 5. The Hall–Kier alpha value is -1.92. The van der Waals surface area contributed by atoms with E-state index in [1.165, 1.54) is 36.1 Å². The molecule has 1 amide bonds. The van der Waals surface area contributed by atoms with Gasteiger partial charge in [-0.3, -0.25) is 4.79 Å². The van der Waals surface area contributed by atoms with Crippen molar-refractivity contribution in [3.63, 3.8) is 0 Å². The molecule has 1 aromatic heterocycles. The fourth-order valence-corrected chi connectivity index (χ4v) is 1.70. The summed E-state index contributed by atoms with van der Waals surface area (Å²) in [4.78, 5) is 28.6. The van der Waals surface area contributed by atoms with Crippen molar-refractivity contribution in [3.05, 3.63) is 12.7 Å². The predicted molar refractivity (Wildman–Crippen MR) is 63.8 cm³/mol. The van der Waals surface area contributed by atoms with E-state index in [9.17, 15) is 14.7 Å². The summed E-state index contributed by atoms with van der Waals surface area (Å²) in [6.07, 6.45) is 2.77. The minimum atomic E-state index is -1.25. The maximum absolute atomic E-state index is 12.3. The molecule has 1 N–H and O–H groups in total. The summed E-state index contributed by atoms with van der Waals surface area (Å²) in [7, 11) is 0. The fourth-order valence-electron chi connectivity index (χ4n) is 1.70. The van der Waals surface area contributed by atoms with Crippen LogP contribution in [0.1, 0.15) is 33.7 Å². The lowest BCUT2D eigenvalue weighted by Crippen LogP contribution is -2.54. The van der Waals surface area contributed by atoms with Crippen LogP contribution in [0.4, 0.5) is 0 Å². The Bertz CT molecular complexity index is 428. The molecule has 0 spiro atoms. The van der Waals surface area contributed by atoms with Gasteiger partial charge in [0, 0.05) is 6.54 Å². The van der Waals surface area contributed by atoms with E-state index in [1.54, 1.807) is 13.8 Å². The third-order valence-corrected chi connectivity index (χ3v) is 2.97. The number of aromatic nitrogens is 3. The maximum Gasteiger partial charge on any atom is 0.329 e. The van der Waals surface area contributed by atoms with Gasteiger partial charge in [0.25, 0.3) is 0 Å². The first-order valence-electron chi connectivity index (χ1n) is 5.71. The number of aliphatic carboxylic acids is 1. The topological polar surface area (TPSA) is 88.3 Å². The Morgan fingerprint density at radius 1 is 1.50 bits per heavy atom. The minimum Gasteiger partial charge on any atom is -0.480 e. The minimum absolute atomic E-state index is 0.296. The zero-order chi connectivity index (χ0) is 13.9. The fraction of sp³-hybridized carbons (Fsp3) is 0.636. The monoisotopic (exact) mass is 254 g/mol. The van der Waals surface area contributed by atoms with Gasteiger partial charge in [-0.2, -0.15) is 5.10 Å². The van der Waals surface area contributed by atoms with Crippen LogP contribution in [0, 0.1) is 0 Å². The number of carboxylic acids is 1. The molecule has 1 unspecified atom stereocenters. The summed E-state index contributed by atoms with van der Waals surface area (Å²) in [6, 6.07) is -0.578. The molecule has 7 nitrogen and oxygen atoms in total. The van der Waals surface area contributed by atoms with Crippen LogP contribution in [-0.4, -0.2) is 48.7 Å². The molecule has 0 aliphatic rings. The van der Waals surface area contributed by atoms with Gasteiger partial charge in [0.05, 0.1) is 0 Å². The summed E-state index contributed by atoms with van der Waals surface area (Å²) in [5.41, 5.74) is -1.25. The first-order chi connectivity index (χ1) is 8.32. The van der Waals surface area contributed by atoms with Gasteiger partial charge in [0.2, 0.25) is 5.91 Å². The molecular formula is C11H18N4O3. The van der Waals surface area contributed by atoms with E-state index in [-0.39, 0.29) is 5.91 Å². The number of carboxylic acid groups (broad SMARTS) is 1. The van der Waals surface area contributed by atoms with Crippen LogP contribution in [0.15, 0.2) is 12.7 Å². The van der Waals surface area contributed by atoms with Gasteiger partial charge in [0.1, 0.15) is 24.2 Å². The molecular weight excluding hydrogens is 236 g/mol. The molecule has 0 aliphatic carbocycles. The van der Waals surface area contributed by atoms with E-state index in [0.717, 1.165) is 0 Å². The molecule has 0 radical (unpaired) electrons. The number of hydrogen-bond donors (Lipinski definition) is 1. The molecule has 0 aromatic carbocycles. The lowest BCUT2D eigenvalue weighted by atomic mass is 10.0. The second kappa shape index (κ2) is 5.16. The zero-order valence-electron chi connectivity index (χ0n) is 11.0. The molecule has 0 aliphatic heterocycles. The highest BCUT2D eigenvalue weighted by molar-refractivity contribution is 5.88. The highest BCUT2D eigenvalue weighted by atomic mass is 16.4. The first-order valence-corrected chi connectivity index (χ1v) is 5.71. The van der Waals surface area contributed by atoms with Crippen LogP contribution in [0.3, 0.4) is 0 Å². The number of hydrogen-bond acceptors (Lipinski definition) is 4. The number of amides is 1. The van der Waals surface area contributed by atoms with E-state index in [4.69, 9.17) is 0 Å². The van der Waals surface area contributed by atoms with Crippen LogP contribution < -0.4 is 0 Å². The van der Waals surface area contributed by atoms with E-state index in [0.29, 0.717) is 6.54 Å². The SMILES string of the molecule is CCN(C(=O)C(C)n1cncn1)C(C)(C)C(=O)O. The number of carbonyl (C=O) groups is 2. The summed E-state index contributed by atoms with van der Waals surface area (Å²) in [5, 5.41) is 13.1. The molecule has 7 heteroatoms. The van der Waals surface area contributed by atoms with Gasteiger partial charge in [-0.25, -0.2) is 14.5 Å². The standard InChI is InChI=1S/C11H18N4O3/c1-5-14(11(3,4)10(17)18)9(16)8(2)15-7-12-6-13-15/h6-8H,5H2,1-4H3,(H,17,18). The summed E-state index contributed by atoms with van der Waals surface area (Å²) in [6.45, 7) is 6.74. The van der Waals surface area contributed by atoms with Crippen molar-refractivity contribution in [2.45, 2.75) is 39.3 Å². The third kappa shape index (κ3) is 2.49. The highest BCUT2D eigenvalue weighted by Gasteiger charge is 2.38. The quantitative estimate of drug-likeness (QED) is 0.829. The average molecular weight is 254 g/mol. The van der Waals surface area contributed by atoms with Crippen molar-refractivity contribution >= 4 is 11.9 Å². The van der Waals surface area contributed by atoms with Crippen molar-refractivity contribution in [3.8, 4) is 0 Å². The Morgan fingerprint density at radius 2 is 2.11 bits per heavy atom. The molecule has 0 bridgehead atoms. The van der Waals surface area contributed by atoms with Gasteiger partial charge in [0.15, 0.2) is 0 Å². The molecule has 18 heavy (non-hydrogen) atoms. The van der Waals surface area contributed by atoms with Crippen LogP contribution in [0.5, 0.6) is 0 Å². The predicted octanol–water partition coefficient (Wildman–Crippen LogP) is 0.551. The maximum atomic E-state index is 12.3. The van der Waals surface area contributed by atoms with E-state index in [2.05, 4.69) is 10.1 Å². The van der Waals surface area contributed by atoms with Crippen LogP contribution in [-0.2, 0) is 9.59 Å². The largest absolute Gasteiger partial charge is 0.480 e. The summed E-state index contributed by atoms with van der Waals surface area (Å²) in [5.74, 6) is -1.33. The van der Waals surface area contributed by atoms with Crippen molar-refractivity contribution in [2.24, 2.45) is 0 Å². The highest BCUT2D eigenvalue weighted by Crippen LogP contribution is 2.19. The normalized spacial score (nSPS) is 13.1. The Kier molecular flexibility index (Phi) is 4.05. The van der Waals surface area contributed by atoms with Gasteiger partial charge in [-0.15, -0.1) is 0 Å². The first kappa shape index (κ1) is 14.1. The second-order valence-corrected chi connectivity index (χ2v) is 4.50. The molecule has 1 rings (SSSR count). The van der Waals surface area contributed by atoms with Crippen molar-refractivity contribution in [1.29, 1.82) is 0 Å². The lowest BCUT2D eigenvalue weighted by molar-refractivity contribution is -0.158. The Labute approximate surface area is 105 Å². The third-order valence-electron chi connectivity index (χ3n) is 2.97. The number of likely N-dealkylation sites (N-methyl/N-ethyl adjacent to an activating group) is 1. The second-order valence-electron chi connectivity index (χ2n) is 4.50. The summed E-state index contributed by atoms with van der Waals surface area (Å²) < 4.78 is 1.41. The van der Waals surface area contributed by atoms with Crippen LogP contribution >= 0.6 is 0 Å². The van der Waals surface area contributed by atoms with Crippen molar-refractivity contribution < 1.29 is 14.7 Å². The number of carbonyl (C=O) groups excluding carboxylic acids is 1. The molecule has 0 saturated heterocycles. The smallest absolute Gasteiger partial charge is 0.329 e. The Morgan fingerprint density at radius 3 is 2.50 bits per heavy atom. The van der Waals surface area contributed by atoms with Crippen molar-refractivity contribution in [2.75, 3.05) is 6.54 Å². The average Bonchev–Trinajstić information content (AvgIpc) is 2.81. The van der Waals surface area contributed by atoms with Crippen LogP contribution in [0.2, 0.25) is 0 Å². The van der Waals surface area contributed by atoms with E-state index >= 15 is 0 Å². The number of nitrogens with zero attached hydrogens (tertiary/aromatic N) is 4. The van der Waals surface area contributed by atoms with Gasteiger partial charge >= 0.3 is 5.97 Å². The zero-order valence-corrected chi connectivity index (χ0v) is 11.0. The molecule has 1 aromatic rings. The van der Waals surface area contributed by atoms with E-state index < -0.39 is 17.6 Å². The lowest BCUT2D eigenvalue weighted by Gasteiger charge is -2.35. The Balaban J connectivity index is 2.96. The van der Waals surface area contributed by atoms with Crippen molar-refractivity contribution in [1.82, 2.24) is 19.7 Å². The molecule has 100 valence electrons. The van der Waals surface area contributed by atoms with Gasteiger partial charge < -0.3 is 10.0 Å². The molecule has 1 atom stereocenters. The molecule has 0 saturated carbocycles. The molecule has 1 heterocycles. The van der Waals surface area contributed by atoms with E-state index in [1.807, 2.05) is 0 Å². The molecule has 0 fully saturated rings. The van der Waals surface area contributed by atoms with Gasteiger partial charge in [-0.05, 0) is 27.7 Å². The summed E-state index contributed by atoms with van der Waals surface area (Å²) >= 11 is 0.